The highest BCUT2D eigenvalue weighted by atomic mass is 19.1. The Hall–Kier alpha value is -4.53. The molecule has 0 aliphatic heterocycles. The van der Waals surface area contributed by atoms with Gasteiger partial charge < -0.3 is 4.98 Å². The molecule has 1 aromatic carbocycles. The fourth-order valence-electron chi connectivity index (χ4n) is 3.77. The van der Waals surface area contributed by atoms with Crippen molar-refractivity contribution >= 4 is 22.1 Å². The summed E-state index contributed by atoms with van der Waals surface area (Å²) < 4.78 is 14.0. The molecule has 0 aliphatic carbocycles. The smallest absolute Gasteiger partial charge is 0.161 e. The lowest BCUT2D eigenvalue weighted by Crippen LogP contribution is -1.90. The lowest BCUT2D eigenvalue weighted by molar-refractivity contribution is 0.627. The Bertz CT molecular complexity index is 1580. The number of halogens is 1. The number of rotatable bonds is 3. The van der Waals surface area contributed by atoms with Crippen molar-refractivity contribution in [2.75, 3.05) is 0 Å². The monoisotopic (exact) mass is 422 g/mol. The molecule has 9 heteroatoms. The maximum atomic E-state index is 14.0. The van der Waals surface area contributed by atoms with Gasteiger partial charge in [-0.25, -0.2) is 14.4 Å². The van der Waals surface area contributed by atoms with E-state index < -0.39 is 0 Å². The van der Waals surface area contributed by atoms with Crippen molar-refractivity contribution in [3.05, 3.63) is 72.6 Å². The number of aromatic nitrogens is 8. The largest absolute Gasteiger partial charge is 0.336 e. The molecule has 0 unspecified atom stereocenters. The molecule has 6 rings (SSSR count). The molecule has 6 aromatic rings. The molecule has 0 amide bonds. The fraction of sp³-hybridized carbons (Fsp3) is 0.0435. The molecule has 0 aliphatic rings. The van der Waals surface area contributed by atoms with Crippen LogP contribution >= 0.6 is 0 Å². The lowest BCUT2D eigenvalue weighted by atomic mass is 10.1. The molecule has 5 aromatic heterocycles. The van der Waals surface area contributed by atoms with E-state index in [4.69, 9.17) is 9.97 Å². The first-order valence-electron chi connectivity index (χ1n) is 9.90. The average Bonchev–Trinajstić information content (AvgIpc) is 3.42. The number of nitrogens with zero attached hydrogens (tertiary/aromatic N) is 6. The van der Waals surface area contributed by atoms with E-state index in [1.165, 1.54) is 12.1 Å². The summed E-state index contributed by atoms with van der Waals surface area (Å²) in [6, 6.07) is 10.4. The minimum Gasteiger partial charge on any atom is -0.336 e. The van der Waals surface area contributed by atoms with Gasteiger partial charge >= 0.3 is 0 Å². The van der Waals surface area contributed by atoms with Crippen LogP contribution in [0.4, 0.5) is 4.39 Å². The van der Waals surface area contributed by atoms with Crippen LogP contribution in [0.25, 0.3) is 56.2 Å². The van der Waals surface area contributed by atoms with Gasteiger partial charge in [-0.1, -0.05) is 0 Å². The molecule has 8 nitrogen and oxygen atoms in total. The second-order valence-electron chi connectivity index (χ2n) is 7.41. The summed E-state index contributed by atoms with van der Waals surface area (Å²) in [6.45, 7) is 1.85. The maximum Gasteiger partial charge on any atom is 0.161 e. The van der Waals surface area contributed by atoms with E-state index in [2.05, 4.69) is 30.1 Å². The zero-order valence-corrected chi connectivity index (χ0v) is 16.8. The highest BCUT2D eigenvalue weighted by Crippen LogP contribution is 2.31. The van der Waals surface area contributed by atoms with Gasteiger partial charge in [-0.05, 0) is 48.9 Å². The normalized spacial score (nSPS) is 11.4. The van der Waals surface area contributed by atoms with E-state index in [0.717, 1.165) is 16.6 Å². The molecule has 32 heavy (non-hydrogen) atoms. The Morgan fingerprint density at radius 1 is 0.812 bits per heavy atom. The summed E-state index contributed by atoms with van der Waals surface area (Å²) in [5.74, 6) is 0.228. The Morgan fingerprint density at radius 2 is 1.72 bits per heavy atom. The third-order valence-corrected chi connectivity index (χ3v) is 5.17. The average molecular weight is 422 g/mol. The van der Waals surface area contributed by atoms with Crippen molar-refractivity contribution in [1.82, 2.24) is 40.1 Å². The minimum absolute atomic E-state index is 0.311. The van der Waals surface area contributed by atoms with Gasteiger partial charge in [0.1, 0.15) is 22.5 Å². The van der Waals surface area contributed by atoms with E-state index in [0.29, 0.717) is 45.2 Å². The molecule has 0 spiro atoms. The van der Waals surface area contributed by atoms with Gasteiger partial charge in [0.05, 0.1) is 28.6 Å². The van der Waals surface area contributed by atoms with E-state index in [9.17, 15) is 4.39 Å². The van der Waals surface area contributed by atoms with Gasteiger partial charge in [-0.15, -0.1) is 0 Å². The second-order valence-corrected chi connectivity index (χ2v) is 7.41. The van der Waals surface area contributed by atoms with Gasteiger partial charge in [0.15, 0.2) is 11.5 Å². The molecular weight excluding hydrogens is 407 g/mol. The molecular formula is C23H15FN8. The molecule has 0 radical (unpaired) electrons. The Balaban J connectivity index is 1.52. The van der Waals surface area contributed by atoms with Crippen LogP contribution in [0.1, 0.15) is 5.56 Å². The first-order valence-corrected chi connectivity index (χ1v) is 9.90. The van der Waals surface area contributed by atoms with Crippen molar-refractivity contribution in [2.45, 2.75) is 6.92 Å². The predicted octanol–water partition coefficient (Wildman–Crippen LogP) is 4.47. The van der Waals surface area contributed by atoms with Crippen molar-refractivity contribution in [2.24, 2.45) is 0 Å². The summed E-state index contributed by atoms with van der Waals surface area (Å²) in [5.41, 5.74) is 6.83. The third-order valence-electron chi connectivity index (χ3n) is 5.17. The first kappa shape index (κ1) is 18.3. The second kappa shape index (κ2) is 7.02. The number of nitrogens with one attached hydrogen (secondary N) is 2. The number of fused-ring (bicyclic) bond motifs is 2. The number of benzene rings is 1. The number of hydrogen-bond donors (Lipinski definition) is 2. The molecule has 2 N–H and O–H groups in total. The van der Waals surface area contributed by atoms with Gasteiger partial charge in [-0.3, -0.25) is 20.1 Å². The van der Waals surface area contributed by atoms with Crippen molar-refractivity contribution < 1.29 is 4.39 Å². The highest BCUT2D eigenvalue weighted by Gasteiger charge is 2.18. The number of aryl methyl sites for hydroxylation is 1. The molecule has 0 bridgehead atoms. The summed E-state index contributed by atoms with van der Waals surface area (Å²) in [4.78, 5) is 25.7. The van der Waals surface area contributed by atoms with Crippen LogP contribution in [-0.4, -0.2) is 40.1 Å². The molecule has 154 valence electrons. The predicted molar refractivity (Wildman–Crippen MR) is 118 cm³/mol. The Kier molecular flexibility index (Phi) is 4.00. The topological polar surface area (TPSA) is 109 Å². The number of hydrogen-bond acceptors (Lipinski definition) is 6. The van der Waals surface area contributed by atoms with Gasteiger partial charge in [0.25, 0.3) is 0 Å². The number of aromatic amines is 2. The molecule has 0 atom stereocenters. The van der Waals surface area contributed by atoms with Crippen LogP contribution in [0.5, 0.6) is 0 Å². The zero-order chi connectivity index (χ0) is 21.7. The van der Waals surface area contributed by atoms with Crippen LogP contribution in [-0.2, 0) is 0 Å². The van der Waals surface area contributed by atoms with E-state index >= 15 is 0 Å². The summed E-state index contributed by atoms with van der Waals surface area (Å²) in [7, 11) is 0. The molecule has 5 heterocycles. The Labute approximate surface area is 180 Å². The molecule has 0 saturated carbocycles. The van der Waals surface area contributed by atoms with E-state index in [1.54, 1.807) is 24.8 Å². The highest BCUT2D eigenvalue weighted by molar-refractivity contribution is 5.95. The maximum absolute atomic E-state index is 14.0. The standard InChI is InChI=1S/C23H15FN8/c1-12-8-13(10-14(24)9-12)19-20-16(4-5-27-19)29-23(30-20)22-21-17(31-32-22)3-2-15(28-21)18-11-25-6-7-26-18/h2-11H,1H3,(H,29,30)(H,31,32). The number of H-pyrrole nitrogens is 2. The molecule has 0 saturated heterocycles. The quantitative estimate of drug-likeness (QED) is 0.436. The van der Waals surface area contributed by atoms with Gasteiger partial charge in [0.2, 0.25) is 0 Å². The summed E-state index contributed by atoms with van der Waals surface area (Å²) in [6.07, 6.45) is 6.58. The van der Waals surface area contributed by atoms with Crippen LogP contribution < -0.4 is 0 Å². The molecule has 0 fully saturated rings. The van der Waals surface area contributed by atoms with Crippen molar-refractivity contribution in [3.63, 3.8) is 0 Å². The lowest BCUT2D eigenvalue weighted by Gasteiger charge is -2.03. The number of imidazole rings is 1. The van der Waals surface area contributed by atoms with Crippen LogP contribution in [0.2, 0.25) is 0 Å². The Morgan fingerprint density at radius 3 is 2.56 bits per heavy atom. The zero-order valence-electron chi connectivity index (χ0n) is 16.8. The van der Waals surface area contributed by atoms with Crippen molar-refractivity contribution in [3.8, 4) is 34.2 Å². The van der Waals surface area contributed by atoms with Gasteiger partial charge in [-0.2, -0.15) is 5.10 Å². The van der Waals surface area contributed by atoms with Gasteiger partial charge in [0, 0.05) is 24.2 Å². The SMILES string of the molecule is Cc1cc(F)cc(-c2nccc3[nH]c(-c4n[nH]c5ccc(-c6cnccn6)nc45)nc23)c1. The van der Waals surface area contributed by atoms with E-state index in [-0.39, 0.29) is 5.82 Å². The summed E-state index contributed by atoms with van der Waals surface area (Å²) in [5, 5.41) is 7.43. The fourth-order valence-corrected chi connectivity index (χ4v) is 3.77. The van der Waals surface area contributed by atoms with Crippen LogP contribution in [0.15, 0.2) is 61.2 Å². The van der Waals surface area contributed by atoms with Crippen molar-refractivity contribution in [1.29, 1.82) is 0 Å². The minimum atomic E-state index is -0.311. The summed E-state index contributed by atoms with van der Waals surface area (Å²) >= 11 is 0. The van der Waals surface area contributed by atoms with Crippen LogP contribution in [0.3, 0.4) is 0 Å². The third kappa shape index (κ3) is 2.99. The van der Waals surface area contributed by atoms with Crippen LogP contribution in [0, 0.1) is 12.7 Å². The first-order chi connectivity index (χ1) is 15.7. The van der Waals surface area contributed by atoms with E-state index in [1.807, 2.05) is 31.2 Å². The number of pyridine rings is 2.